The van der Waals surface area contributed by atoms with E-state index in [1.807, 2.05) is 25.1 Å². The number of hydrogen-bond donors (Lipinski definition) is 1. The van der Waals surface area contributed by atoms with Gasteiger partial charge in [-0.05, 0) is 42.8 Å². The lowest BCUT2D eigenvalue weighted by Crippen LogP contribution is -2.27. The van der Waals surface area contributed by atoms with Crippen LogP contribution in [-0.4, -0.2) is 33.3 Å². The highest BCUT2D eigenvalue weighted by molar-refractivity contribution is 5.97. The molecule has 1 heterocycles. The average Bonchev–Trinajstić information content (AvgIpc) is 2.92. The Morgan fingerprint density at radius 1 is 1.04 bits per heavy atom. The number of rotatable bonds is 5. The SMILES string of the molecule is COc1ccc(OC)c(C(=O)NC(C)c2ccc3c(c2)OCCCO3)c1. The summed E-state index contributed by atoms with van der Waals surface area (Å²) in [4.78, 5) is 12.7. The summed E-state index contributed by atoms with van der Waals surface area (Å²) in [5.41, 5.74) is 1.36. The molecule has 1 amide bonds. The molecule has 0 saturated carbocycles. The van der Waals surface area contributed by atoms with Crippen molar-refractivity contribution in [1.29, 1.82) is 0 Å². The molecule has 6 heteroatoms. The van der Waals surface area contributed by atoms with Gasteiger partial charge in [0.05, 0.1) is 39.0 Å². The van der Waals surface area contributed by atoms with Crippen LogP contribution >= 0.6 is 0 Å². The number of fused-ring (bicyclic) bond motifs is 1. The predicted molar refractivity (Wildman–Crippen MR) is 97.5 cm³/mol. The third kappa shape index (κ3) is 3.85. The van der Waals surface area contributed by atoms with Crippen LogP contribution in [-0.2, 0) is 0 Å². The van der Waals surface area contributed by atoms with Gasteiger partial charge in [0.25, 0.3) is 5.91 Å². The molecule has 0 spiro atoms. The van der Waals surface area contributed by atoms with Crippen LogP contribution in [0.4, 0.5) is 0 Å². The van der Waals surface area contributed by atoms with E-state index < -0.39 is 0 Å². The van der Waals surface area contributed by atoms with Crippen LogP contribution in [0, 0.1) is 0 Å². The first-order chi connectivity index (χ1) is 12.6. The van der Waals surface area contributed by atoms with Crippen molar-refractivity contribution in [3.8, 4) is 23.0 Å². The van der Waals surface area contributed by atoms with E-state index in [0.29, 0.717) is 36.0 Å². The van der Waals surface area contributed by atoms with Crippen LogP contribution in [0.2, 0.25) is 0 Å². The molecule has 138 valence electrons. The van der Waals surface area contributed by atoms with Gasteiger partial charge in [-0.25, -0.2) is 0 Å². The molecule has 0 fully saturated rings. The minimum Gasteiger partial charge on any atom is -0.497 e. The minimum atomic E-state index is -0.236. The standard InChI is InChI=1S/C20H23NO5/c1-13(14-5-7-18-19(11-14)26-10-4-9-25-18)21-20(22)16-12-15(23-2)6-8-17(16)24-3/h5-8,11-13H,4,9-10H2,1-3H3,(H,21,22). The van der Waals surface area contributed by atoms with Gasteiger partial charge < -0.3 is 24.3 Å². The number of methoxy groups -OCH3 is 2. The van der Waals surface area contributed by atoms with Gasteiger partial charge >= 0.3 is 0 Å². The number of amides is 1. The van der Waals surface area contributed by atoms with Gasteiger partial charge in [0.15, 0.2) is 11.5 Å². The monoisotopic (exact) mass is 357 g/mol. The third-order valence-corrected chi connectivity index (χ3v) is 4.27. The number of hydrogen-bond acceptors (Lipinski definition) is 5. The van der Waals surface area contributed by atoms with Crippen LogP contribution in [0.5, 0.6) is 23.0 Å². The van der Waals surface area contributed by atoms with Gasteiger partial charge in [-0.1, -0.05) is 6.07 Å². The highest BCUT2D eigenvalue weighted by Gasteiger charge is 2.18. The van der Waals surface area contributed by atoms with Crippen molar-refractivity contribution in [3.63, 3.8) is 0 Å². The van der Waals surface area contributed by atoms with E-state index in [0.717, 1.165) is 17.7 Å². The molecule has 1 aliphatic rings. The van der Waals surface area contributed by atoms with Gasteiger partial charge in [0, 0.05) is 6.42 Å². The van der Waals surface area contributed by atoms with E-state index >= 15 is 0 Å². The maximum atomic E-state index is 12.7. The Hall–Kier alpha value is -2.89. The summed E-state index contributed by atoms with van der Waals surface area (Å²) in [6.45, 7) is 3.19. The van der Waals surface area contributed by atoms with E-state index in [-0.39, 0.29) is 11.9 Å². The molecule has 6 nitrogen and oxygen atoms in total. The summed E-state index contributed by atoms with van der Waals surface area (Å²) in [6, 6.07) is 10.6. The smallest absolute Gasteiger partial charge is 0.255 e. The van der Waals surface area contributed by atoms with Gasteiger partial charge in [-0.15, -0.1) is 0 Å². The number of ether oxygens (including phenoxy) is 4. The van der Waals surface area contributed by atoms with Crippen molar-refractivity contribution < 1.29 is 23.7 Å². The molecule has 26 heavy (non-hydrogen) atoms. The van der Waals surface area contributed by atoms with E-state index in [9.17, 15) is 4.79 Å². The number of nitrogens with one attached hydrogen (secondary N) is 1. The van der Waals surface area contributed by atoms with E-state index in [1.54, 1.807) is 25.3 Å². The van der Waals surface area contributed by atoms with Crippen LogP contribution in [0.3, 0.4) is 0 Å². The van der Waals surface area contributed by atoms with Gasteiger partial charge in [-0.3, -0.25) is 4.79 Å². The quantitative estimate of drug-likeness (QED) is 0.889. The van der Waals surface area contributed by atoms with Crippen molar-refractivity contribution in [1.82, 2.24) is 5.32 Å². The second kappa shape index (κ2) is 7.99. The highest BCUT2D eigenvalue weighted by Crippen LogP contribution is 2.32. The third-order valence-electron chi connectivity index (χ3n) is 4.27. The Balaban J connectivity index is 1.78. The molecule has 0 aromatic heterocycles. The van der Waals surface area contributed by atoms with Crippen molar-refractivity contribution in [2.75, 3.05) is 27.4 Å². The van der Waals surface area contributed by atoms with Gasteiger partial charge in [-0.2, -0.15) is 0 Å². The highest BCUT2D eigenvalue weighted by atomic mass is 16.5. The van der Waals surface area contributed by atoms with E-state index in [2.05, 4.69) is 5.32 Å². The predicted octanol–water partition coefficient (Wildman–Crippen LogP) is 3.36. The molecule has 3 rings (SSSR count). The molecule has 1 N–H and O–H groups in total. The molecule has 1 aliphatic heterocycles. The van der Waals surface area contributed by atoms with Crippen molar-refractivity contribution in [2.24, 2.45) is 0 Å². The first-order valence-corrected chi connectivity index (χ1v) is 8.55. The Labute approximate surface area is 153 Å². The van der Waals surface area contributed by atoms with Crippen molar-refractivity contribution in [2.45, 2.75) is 19.4 Å². The summed E-state index contributed by atoms with van der Waals surface area (Å²) in [6.07, 6.45) is 0.853. The summed E-state index contributed by atoms with van der Waals surface area (Å²) >= 11 is 0. The lowest BCUT2D eigenvalue weighted by Gasteiger charge is -2.18. The van der Waals surface area contributed by atoms with Crippen LogP contribution in [0.15, 0.2) is 36.4 Å². The maximum absolute atomic E-state index is 12.7. The zero-order chi connectivity index (χ0) is 18.5. The lowest BCUT2D eigenvalue weighted by molar-refractivity contribution is 0.0936. The Morgan fingerprint density at radius 2 is 1.81 bits per heavy atom. The van der Waals surface area contributed by atoms with Crippen LogP contribution in [0.1, 0.15) is 35.3 Å². The second-order valence-corrected chi connectivity index (χ2v) is 6.02. The maximum Gasteiger partial charge on any atom is 0.255 e. The minimum absolute atomic E-state index is 0.212. The number of benzene rings is 2. The second-order valence-electron chi connectivity index (χ2n) is 6.02. The molecule has 0 bridgehead atoms. The summed E-state index contributed by atoms with van der Waals surface area (Å²) < 4.78 is 21.9. The molecule has 0 saturated heterocycles. The summed E-state index contributed by atoms with van der Waals surface area (Å²) in [7, 11) is 3.09. The molecule has 1 atom stereocenters. The van der Waals surface area contributed by atoms with Gasteiger partial charge in [0.2, 0.25) is 0 Å². The molecule has 0 radical (unpaired) electrons. The Morgan fingerprint density at radius 3 is 2.54 bits per heavy atom. The van der Waals surface area contributed by atoms with E-state index in [1.165, 1.54) is 7.11 Å². The molecule has 2 aromatic carbocycles. The van der Waals surface area contributed by atoms with Crippen molar-refractivity contribution >= 4 is 5.91 Å². The van der Waals surface area contributed by atoms with Crippen LogP contribution in [0.25, 0.3) is 0 Å². The first kappa shape index (κ1) is 17.9. The number of carbonyl (C=O) groups is 1. The lowest BCUT2D eigenvalue weighted by atomic mass is 10.1. The largest absolute Gasteiger partial charge is 0.497 e. The van der Waals surface area contributed by atoms with Gasteiger partial charge in [0.1, 0.15) is 11.5 Å². The zero-order valence-electron chi connectivity index (χ0n) is 15.2. The average molecular weight is 357 g/mol. The molecular weight excluding hydrogens is 334 g/mol. The summed E-state index contributed by atoms with van der Waals surface area (Å²) in [5, 5.41) is 2.99. The Kier molecular flexibility index (Phi) is 5.51. The topological polar surface area (TPSA) is 66.0 Å². The Bertz CT molecular complexity index is 790. The summed E-state index contributed by atoms with van der Waals surface area (Å²) in [5.74, 6) is 2.30. The zero-order valence-corrected chi connectivity index (χ0v) is 15.2. The number of carbonyl (C=O) groups excluding carboxylic acids is 1. The van der Waals surface area contributed by atoms with E-state index in [4.69, 9.17) is 18.9 Å². The fraction of sp³-hybridized carbons (Fsp3) is 0.350. The van der Waals surface area contributed by atoms with Crippen molar-refractivity contribution in [3.05, 3.63) is 47.5 Å². The molecule has 1 unspecified atom stereocenters. The fourth-order valence-corrected chi connectivity index (χ4v) is 2.80. The first-order valence-electron chi connectivity index (χ1n) is 8.55. The molecule has 0 aliphatic carbocycles. The fourth-order valence-electron chi connectivity index (χ4n) is 2.80. The van der Waals surface area contributed by atoms with Crippen LogP contribution < -0.4 is 24.3 Å². The normalized spacial score (nSPS) is 14.1. The molecular formula is C20H23NO5. The molecule has 2 aromatic rings.